The molecule has 1 aromatic carbocycles. The Labute approximate surface area is 88.9 Å². The third-order valence-corrected chi connectivity index (χ3v) is 2.37. The van der Waals surface area contributed by atoms with Crippen LogP contribution in [0.4, 0.5) is 5.69 Å². The van der Waals surface area contributed by atoms with Crippen LogP contribution in [0.2, 0.25) is 0 Å². The molecule has 0 aromatic heterocycles. The van der Waals surface area contributed by atoms with Crippen LogP contribution in [-0.4, -0.2) is 5.91 Å². The molecular weight excluding hydrogens is 281 g/mol. The maximum Gasteiger partial charge on any atom is 0.264 e. The van der Waals surface area contributed by atoms with Gasteiger partial charge in [0.15, 0.2) is 6.19 Å². The zero-order valence-electron chi connectivity index (χ0n) is 6.54. The Bertz CT molecular complexity index is 383. The lowest BCUT2D eigenvalue weighted by molar-refractivity contribution is 0.0973. The molecule has 0 unspecified atom stereocenters. The lowest BCUT2D eigenvalue weighted by Gasteiger charge is -2.00. The average Bonchev–Trinajstić information content (AvgIpc) is 2.10. The molecule has 66 valence electrons. The molecule has 0 saturated carbocycles. The van der Waals surface area contributed by atoms with Crippen molar-refractivity contribution in [2.45, 2.75) is 0 Å². The Hall–Kier alpha value is -1.29. The number of amides is 1. The number of benzene rings is 1. The van der Waals surface area contributed by atoms with Crippen LogP contribution in [0, 0.1) is 15.0 Å². The van der Waals surface area contributed by atoms with E-state index in [1.807, 2.05) is 27.9 Å². The summed E-state index contributed by atoms with van der Waals surface area (Å²) in [7, 11) is 0. The standard InChI is InChI=1S/C8H6IN3O/c9-6-3-5(1-2-7(6)11)8(13)12-4-10/h1-3H,11H2,(H,12,13). The van der Waals surface area contributed by atoms with E-state index >= 15 is 0 Å². The highest BCUT2D eigenvalue weighted by Gasteiger charge is 2.05. The quantitative estimate of drug-likeness (QED) is 0.351. The summed E-state index contributed by atoms with van der Waals surface area (Å²) in [6.45, 7) is 0. The Morgan fingerprint density at radius 3 is 2.85 bits per heavy atom. The maximum absolute atomic E-state index is 11.1. The second-order valence-electron chi connectivity index (χ2n) is 2.30. The molecule has 1 aromatic rings. The third-order valence-electron chi connectivity index (χ3n) is 1.43. The van der Waals surface area contributed by atoms with Gasteiger partial charge in [0.05, 0.1) is 0 Å². The molecule has 0 atom stereocenters. The fraction of sp³-hybridized carbons (Fsp3) is 0. The Morgan fingerprint density at radius 1 is 1.62 bits per heavy atom. The van der Waals surface area contributed by atoms with Crippen molar-refractivity contribution in [2.75, 3.05) is 5.73 Å². The molecule has 13 heavy (non-hydrogen) atoms. The summed E-state index contributed by atoms with van der Waals surface area (Å²) in [6, 6.07) is 4.83. The van der Waals surface area contributed by atoms with Crippen LogP contribution in [0.15, 0.2) is 18.2 Å². The van der Waals surface area contributed by atoms with E-state index in [1.54, 1.807) is 24.4 Å². The van der Waals surface area contributed by atoms with Crippen LogP contribution in [0.1, 0.15) is 10.4 Å². The Morgan fingerprint density at radius 2 is 2.31 bits per heavy atom. The van der Waals surface area contributed by atoms with Crippen LogP contribution in [0.25, 0.3) is 0 Å². The van der Waals surface area contributed by atoms with Gasteiger partial charge in [-0.2, -0.15) is 5.26 Å². The highest BCUT2D eigenvalue weighted by molar-refractivity contribution is 14.1. The maximum atomic E-state index is 11.1. The lowest BCUT2D eigenvalue weighted by atomic mass is 10.2. The number of carbonyl (C=O) groups excluding carboxylic acids is 1. The van der Waals surface area contributed by atoms with Crippen LogP contribution in [-0.2, 0) is 0 Å². The summed E-state index contributed by atoms with van der Waals surface area (Å²) in [5, 5.41) is 10.2. The van der Waals surface area contributed by atoms with Gasteiger partial charge in [-0.15, -0.1) is 0 Å². The van der Waals surface area contributed by atoms with E-state index < -0.39 is 5.91 Å². The molecule has 0 heterocycles. The normalized spacial score (nSPS) is 8.92. The van der Waals surface area contributed by atoms with E-state index in [1.165, 1.54) is 0 Å². The average molecular weight is 287 g/mol. The van der Waals surface area contributed by atoms with Gasteiger partial charge in [0.25, 0.3) is 5.91 Å². The first-order valence-electron chi connectivity index (χ1n) is 3.39. The van der Waals surface area contributed by atoms with Crippen molar-refractivity contribution in [1.29, 1.82) is 5.26 Å². The molecule has 1 amide bonds. The second kappa shape index (κ2) is 4.09. The molecule has 0 fully saturated rings. The van der Waals surface area contributed by atoms with Crippen molar-refractivity contribution in [3.05, 3.63) is 27.3 Å². The molecule has 1 rings (SSSR count). The fourth-order valence-electron chi connectivity index (χ4n) is 0.791. The van der Waals surface area contributed by atoms with Crippen LogP contribution in [0.5, 0.6) is 0 Å². The van der Waals surface area contributed by atoms with Gasteiger partial charge in [-0.25, -0.2) is 0 Å². The van der Waals surface area contributed by atoms with Crippen LogP contribution in [0.3, 0.4) is 0 Å². The number of anilines is 1. The topological polar surface area (TPSA) is 78.9 Å². The predicted octanol–water partition coefficient (Wildman–Crippen LogP) is 1.08. The van der Waals surface area contributed by atoms with Gasteiger partial charge in [-0.3, -0.25) is 10.1 Å². The lowest BCUT2D eigenvalue weighted by Crippen LogP contribution is -2.17. The van der Waals surface area contributed by atoms with Gasteiger partial charge < -0.3 is 5.73 Å². The van der Waals surface area contributed by atoms with Crippen molar-refractivity contribution in [2.24, 2.45) is 0 Å². The fourth-order valence-corrected chi connectivity index (χ4v) is 1.31. The molecule has 0 radical (unpaired) electrons. The molecule has 0 aliphatic carbocycles. The van der Waals surface area contributed by atoms with Gasteiger partial charge in [0.2, 0.25) is 0 Å². The zero-order valence-corrected chi connectivity index (χ0v) is 8.70. The second-order valence-corrected chi connectivity index (χ2v) is 3.46. The van der Waals surface area contributed by atoms with E-state index in [-0.39, 0.29) is 0 Å². The minimum absolute atomic E-state index is 0.416. The summed E-state index contributed by atoms with van der Waals surface area (Å²) >= 11 is 2.02. The van der Waals surface area contributed by atoms with E-state index in [0.717, 1.165) is 3.57 Å². The number of nitrogen functional groups attached to an aromatic ring is 1. The third kappa shape index (κ3) is 2.32. The van der Waals surface area contributed by atoms with Crippen molar-refractivity contribution >= 4 is 34.2 Å². The molecule has 5 heteroatoms. The Kier molecular flexibility index (Phi) is 3.08. The van der Waals surface area contributed by atoms with Gasteiger partial charge in [-0.05, 0) is 40.8 Å². The molecule has 4 nitrogen and oxygen atoms in total. The zero-order chi connectivity index (χ0) is 9.84. The monoisotopic (exact) mass is 287 g/mol. The number of hydrogen-bond donors (Lipinski definition) is 2. The van der Waals surface area contributed by atoms with Crippen LogP contribution >= 0.6 is 22.6 Å². The minimum Gasteiger partial charge on any atom is -0.398 e. The number of nitrogens with two attached hydrogens (primary N) is 1. The molecule has 3 N–H and O–H groups in total. The molecule has 0 spiro atoms. The first-order valence-corrected chi connectivity index (χ1v) is 4.47. The van der Waals surface area contributed by atoms with Gasteiger partial charge in [-0.1, -0.05) is 0 Å². The smallest absolute Gasteiger partial charge is 0.264 e. The summed E-state index contributed by atoms with van der Waals surface area (Å²) < 4.78 is 0.795. The highest BCUT2D eigenvalue weighted by atomic mass is 127. The minimum atomic E-state index is -0.416. The predicted molar refractivity (Wildman–Crippen MR) is 56.7 cm³/mol. The number of nitrogens with zero attached hydrogens (tertiary/aromatic N) is 1. The summed E-state index contributed by atoms with van der Waals surface area (Å²) in [5.74, 6) is -0.416. The van der Waals surface area contributed by atoms with Crippen molar-refractivity contribution in [3.63, 3.8) is 0 Å². The van der Waals surface area contributed by atoms with Gasteiger partial charge in [0.1, 0.15) is 0 Å². The number of halogens is 1. The molecule has 0 bridgehead atoms. The van der Waals surface area contributed by atoms with Crippen molar-refractivity contribution in [3.8, 4) is 6.19 Å². The molecule has 0 aliphatic heterocycles. The van der Waals surface area contributed by atoms with Gasteiger partial charge >= 0.3 is 0 Å². The van der Waals surface area contributed by atoms with Gasteiger partial charge in [0, 0.05) is 14.8 Å². The number of nitrogens with one attached hydrogen (secondary N) is 1. The van der Waals surface area contributed by atoms with Crippen LogP contribution < -0.4 is 11.1 Å². The summed E-state index contributed by atoms with van der Waals surface area (Å²) in [6.07, 6.45) is 1.57. The van der Waals surface area contributed by atoms with Crippen molar-refractivity contribution < 1.29 is 4.79 Å². The first kappa shape index (κ1) is 9.80. The summed E-state index contributed by atoms with van der Waals surface area (Å²) in [4.78, 5) is 11.1. The van der Waals surface area contributed by atoms with E-state index in [4.69, 9.17) is 11.0 Å². The van der Waals surface area contributed by atoms with Crippen molar-refractivity contribution in [1.82, 2.24) is 5.32 Å². The number of hydrogen-bond acceptors (Lipinski definition) is 3. The number of carbonyl (C=O) groups is 1. The molecule has 0 saturated heterocycles. The number of nitriles is 1. The van der Waals surface area contributed by atoms with E-state index in [0.29, 0.717) is 11.3 Å². The summed E-state index contributed by atoms with van der Waals surface area (Å²) in [5.41, 5.74) is 6.61. The largest absolute Gasteiger partial charge is 0.398 e. The molecule has 0 aliphatic rings. The Balaban J connectivity index is 2.98. The van der Waals surface area contributed by atoms with E-state index in [9.17, 15) is 4.79 Å². The number of rotatable bonds is 1. The SMILES string of the molecule is N#CNC(=O)c1ccc(N)c(I)c1. The highest BCUT2D eigenvalue weighted by Crippen LogP contribution is 2.15. The first-order chi connectivity index (χ1) is 6.15. The van der Waals surface area contributed by atoms with E-state index in [2.05, 4.69) is 0 Å². The molecular formula is C8H6IN3O.